The van der Waals surface area contributed by atoms with E-state index in [-0.39, 0.29) is 0 Å². The third kappa shape index (κ3) is 7.90. The maximum atomic E-state index is 5.96. The molecular formula is C22H39N7O2. The molecule has 0 unspecified atom stereocenters. The number of piperazine rings is 1. The van der Waals surface area contributed by atoms with Gasteiger partial charge in [0.15, 0.2) is 5.96 Å². The van der Waals surface area contributed by atoms with Crippen LogP contribution in [0.1, 0.15) is 25.7 Å². The lowest BCUT2D eigenvalue weighted by molar-refractivity contribution is 0.00991. The van der Waals surface area contributed by atoms with Gasteiger partial charge in [-0.05, 0) is 38.3 Å². The van der Waals surface area contributed by atoms with E-state index in [1.807, 2.05) is 25.5 Å². The molecule has 2 saturated heterocycles. The molecule has 0 atom stereocenters. The summed E-state index contributed by atoms with van der Waals surface area (Å²) in [5.74, 6) is 1.86. The van der Waals surface area contributed by atoms with Crippen molar-refractivity contribution in [1.29, 1.82) is 0 Å². The van der Waals surface area contributed by atoms with Crippen LogP contribution < -0.4 is 10.2 Å². The molecule has 0 bridgehead atoms. The average Bonchev–Trinajstić information content (AvgIpc) is 2.83. The first-order chi connectivity index (χ1) is 15.3. The Balaban J connectivity index is 1.26. The lowest BCUT2D eigenvalue weighted by Gasteiger charge is -2.35. The Morgan fingerprint density at radius 1 is 1.06 bits per heavy atom. The fourth-order valence-electron chi connectivity index (χ4n) is 4.15. The average molecular weight is 434 g/mol. The van der Waals surface area contributed by atoms with Gasteiger partial charge in [0.05, 0.1) is 6.10 Å². The van der Waals surface area contributed by atoms with Gasteiger partial charge in [-0.25, -0.2) is 9.97 Å². The number of anilines is 1. The Labute approximate surface area is 186 Å². The van der Waals surface area contributed by atoms with E-state index in [1.165, 1.54) is 0 Å². The molecule has 3 rings (SSSR count). The van der Waals surface area contributed by atoms with Crippen LogP contribution in [0, 0.1) is 0 Å². The Morgan fingerprint density at radius 3 is 2.48 bits per heavy atom. The molecule has 0 radical (unpaired) electrons. The number of rotatable bonds is 10. The van der Waals surface area contributed by atoms with E-state index in [1.54, 1.807) is 7.11 Å². The first kappa shape index (κ1) is 23.7. The lowest BCUT2D eigenvalue weighted by Crippen LogP contribution is -2.49. The first-order valence-electron chi connectivity index (χ1n) is 11.6. The molecule has 1 aromatic heterocycles. The summed E-state index contributed by atoms with van der Waals surface area (Å²) in [6.07, 6.45) is 8.18. The van der Waals surface area contributed by atoms with Crippen LogP contribution in [-0.2, 0) is 9.47 Å². The SMILES string of the molecule is CN=C(NCCCN1CCN(c2ncccn2)CC1)N1CCC(OCCCOC)CC1. The van der Waals surface area contributed by atoms with Crippen molar-refractivity contribution in [3.05, 3.63) is 18.5 Å². The summed E-state index contributed by atoms with van der Waals surface area (Å²) in [5, 5.41) is 3.55. The van der Waals surface area contributed by atoms with Crippen LogP contribution in [-0.4, -0.2) is 112 Å². The van der Waals surface area contributed by atoms with Crippen molar-refractivity contribution in [2.45, 2.75) is 31.8 Å². The standard InChI is InChI=1S/C22H39N7O2/c1-23-21(28-12-6-20(7-13-28)31-19-5-18-30-2)24-10-4-11-27-14-16-29(17-15-27)22-25-8-3-9-26-22/h3,8-9,20H,4-7,10-19H2,1-2H3,(H,23,24). The molecule has 174 valence electrons. The zero-order chi connectivity index (χ0) is 21.7. The van der Waals surface area contributed by atoms with Crippen molar-refractivity contribution in [2.75, 3.05) is 84.6 Å². The number of guanidine groups is 1. The van der Waals surface area contributed by atoms with Crippen molar-refractivity contribution < 1.29 is 9.47 Å². The van der Waals surface area contributed by atoms with Gasteiger partial charge in [-0.1, -0.05) is 0 Å². The molecule has 9 nitrogen and oxygen atoms in total. The summed E-state index contributed by atoms with van der Waals surface area (Å²) >= 11 is 0. The molecule has 0 saturated carbocycles. The van der Waals surface area contributed by atoms with E-state index < -0.39 is 0 Å². The minimum Gasteiger partial charge on any atom is -0.385 e. The van der Waals surface area contributed by atoms with Crippen molar-refractivity contribution in [2.24, 2.45) is 4.99 Å². The maximum Gasteiger partial charge on any atom is 0.225 e. The van der Waals surface area contributed by atoms with Gasteiger partial charge in [-0.3, -0.25) is 9.89 Å². The van der Waals surface area contributed by atoms with E-state index >= 15 is 0 Å². The molecule has 0 spiro atoms. The Morgan fingerprint density at radius 2 is 1.81 bits per heavy atom. The number of hydrogen-bond donors (Lipinski definition) is 1. The summed E-state index contributed by atoms with van der Waals surface area (Å²) in [6, 6.07) is 1.86. The number of hydrogen-bond acceptors (Lipinski definition) is 7. The van der Waals surface area contributed by atoms with Crippen molar-refractivity contribution >= 4 is 11.9 Å². The topological polar surface area (TPSA) is 78.4 Å². The van der Waals surface area contributed by atoms with E-state index in [0.29, 0.717) is 6.10 Å². The summed E-state index contributed by atoms with van der Waals surface area (Å²) < 4.78 is 11.0. The van der Waals surface area contributed by atoms with Crippen LogP contribution in [0.5, 0.6) is 0 Å². The highest BCUT2D eigenvalue weighted by Gasteiger charge is 2.22. The fourth-order valence-corrected chi connectivity index (χ4v) is 4.15. The van der Waals surface area contributed by atoms with Gasteiger partial charge >= 0.3 is 0 Å². The summed E-state index contributed by atoms with van der Waals surface area (Å²) in [4.78, 5) is 20.4. The predicted octanol–water partition coefficient (Wildman–Crippen LogP) is 1.08. The Bertz CT molecular complexity index is 630. The second kappa shape index (κ2) is 13.4. The zero-order valence-corrected chi connectivity index (χ0v) is 19.2. The van der Waals surface area contributed by atoms with Crippen molar-refractivity contribution in [3.63, 3.8) is 0 Å². The van der Waals surface area contributed by atoms with Crippen LogP contribution in [0.25, 0.3) is 0 Å². The van der Waals surface area contributed by atoms with Crippen molar-refractivity contribution in [1.82, 2.24) is 25.1 Å². The van der Waals surface area contributed by atoms with Crippen LogP contribution in [0.3, 0.4) is 0 Å². The Hall–Kier alpha value is -1.97. The summed E-state index contributed by atoms with van der Waals surface area (Å²) in [7, 11) is 3.61. The Kier molecular flexibility index (Phi) is 10.3. The fraction of sp³-hybridized carbons (Fsp3) is 0.773. The maximum absolute atomic E-state index is 5.96. The quantitative estimate of drug-likeness (QED) is 0.334. The van der Waals surface area contributed by atoms with Crippen LogP contribution in [0.4, 0.5) is 5.95 Å². The number of aromatic nitrogens is 2. The van der Waals surface area contributed by atoms with E-state index in [9.17, 15) is 0 Å². The van der Waals surface area contributed by atoms with Gasteiger partial charge in [-0.2, -0.15) is 0 Å². The highest BCUT2D eigenvalue weighted by Crippen LogP contribution is 2.14. The molecule has 0 aliphatic carbocycles. The molecular weight excluding hydrogens is 394 g/mol. The monoisotopic (exact) mass is 433 g/mol. The van der Waals surface area contributed by atoms with Gasteiger partial charge in [0.25, 0.3) is 0 Å². The number of aliphatic imine (C=N–C) groups is 1. The van der Waals surface area contributed by atoms with E-state index in [0.717, 1.165) is 103 Å². The predicted molar refractivity (Wildman–Crippen MR) is 124 cm³/mol. The third-order valence-corrected chi connectivity index (χ3v) is 5.94. The second-order valence-electron chi connectivity index (χ2n) is 8.11. The second-order valence-corrected chi connectivity index (χ2v) is 8.11. The van der Waals surface area contributed by atoms with Crippen molar-refractivity contribution in [3.8, 4) is 0 Å². The highest BCUT2D eigenvalue weighted by molar-refractivity contribution is 5.79. The molecule has 1 N–H and O–H groups in total. The number of nitrogens with one attached hydrogen (secondary N) is 1. The molecule has 0 aromatic carbocycles. The number of likely N-dealkylation sites (tertiary alicyclic amines) is 1. The normalized spacial score (nSPS) is 19.1. The molecule has 2 fully saturated rings. The van der Waals surface area contributed by atoms with Gasteiger partial charge in [0.1, 0.15) is 0 Å². The van der Waals surface area contributed by atoms with Gasteiger partial charge in [0, 0.05) is 85.6 Å². The summed E-state index contributed by atoms with van der Waals surface area (Å²) in [6.45, 7) is 9.70. The molecule has 3 heterocycles. The third-order valence-electron chi connectivity index (χ3n) is 5.94. The van der Waals surface area contributed by atoms with E-state index in [2.05, 4.69) is 35.0 Å². The molecule has 1 aromatic rings. The number of piperidine rings is 1. The molecule has 31 heavy (non-hydrogen) atoms. The minimum absolute atomic E-state index is 0.367. The highest BCUT2D eigenvalue weighted by atomic mass is 16.5. The molecule has 2 aliphatic rings. The lowest BCUT2D eigenvalue weighted by atomic mass is 10.1. The minimum atomic E-state index is 0.367. The molecule has 2 aliphatic heterocycles. The number of nitrogens with zero attached hydrogens (tertiary/aromatic N) is 6. The zero-order valence-electron chi connectivity index (χ0n) is 19.2. The molecule has 9 heteroatoms. The van der Waals surface area contributed by atoms with Crippen LogP contribution in [0.2, 0.25) is 0 Å². The van der Waals surface area contributed by atoms with Gasteiger partial charge in [0.2, 0.25) is 5.95 Å². The van der Waals surface area contributed by atoms with Crippen LogP contribution >= 0.6 is 0 Å². The number of methoxy groups -OCH3 is 1. The smallest absolute Gasteiger partial charge is 0.225 e. The van der Waals surface area contributed by atoms with Gasteiger partial charge < -0.3 is 24.6 Å². The molecule has 0 amide bonds. The summed E-state index contributed by atoms with van der Waals surface area (Å²) in [5.41, 5.74) is 0. The van der Waals surface area contributed by atoms with E-state index in [4.69, 9.17) is 9.47 Å². The largest absolute Gasteiger partial charge is 0.385 e. The van der Waals surface area contributed by atoms with Crippen LogP contribution in [0.15, 0.2) is 23.5 Å². The first-order valence-corrected chi connectivity index (χ1v) is 11.6. The van der Waals surface area contributed by atoms with Gasteiger partial charge in [-0.15, -0.1) is 0 Å². The number of ether oxygens (including phenoxy) is 2.